The number of amides is 1. The van der Waals surface area contributed by atoms with Crippen molar-refractivity contribution in [2.45, 2.75) is 20.0 Å². The Morgan fingerprint density at radius 2 is 2.00 bits per heavy atom. The Morgan fingerprint density at radius 3 is 2.57 bits per heavy atom. The SMILES string of the molecule is COCCNCCNC(=O)OC(C)C. The van der Waals surface area contributed by atoms with E-state index in [-0.39, 0.29) is 12.2 Å². The van der Waals surface area contributed by atoms with Crippen LogP contribution in [-0.4, -0.2) is 45.5 Å². The van der Waals surface area contributed by atoms with Gasteiger partial charge < -0.3 is 20.1 Å². The van der Waals surface area contributed by atoms with Gasteiger partial charge in [-0.3, -0.25) is 0 Å². The second-order valence-corrected chi connectivity index (χ2v) is 3.12. The van der Waals surface area contributed by atoms with Crippen LogP contribution in [0.4, 0.5) is 4.79 Å². The minimum atomic E-state index is -0.367. The van der Waals surface area contributed by atoms with Crippen molar-refractivity contribution in [3.63, 3.8) is 0 Å². The predicted octanol–water partition coefficient (Wildman–Crippen LogP) is 0.357. The molecule has 0 aliphatic rings. The zero-order valence-electron chi connectivity index (χ0n) is 9.13. The lowest BCUT2D eigenvalue weighted by atomic mass is 10.5. The molecule has 84 valence electrons. The highest BCUT2D eigenvalue weighted by Crippen LogP contribution is 1.86. The van der Waals surface area contributed by atoms with E-state index in [4.69, 9.17) is 9.47 Å². The maximum Gasteiger partial charge on any atom is 0.407 e. The fraction of sp³-hybridized carbons (Fsp3) is 0.889. The van der Waals surface area contributed by atoms with E-state index in [2.05, 4.69) is 10.6 Å². The van der Waals surface area contributed by atoms with Crippen molar-refractivity contribution in [2.24, 2.45) is 0 Å². The molecule has 0 bridgehead atoms. The van der Waals surface area contributed by atoms with Crippen molar-refractivity contribution in [3.8, 4) is 0 Å². The van der Waals surface area contributed by atoms with Crippen LogP contribution < -0.4 is 10.6 Å². The fourth-order valence-corrected chi connectivity index (χ4v) is 0.808. The summed E-state index contributed by atoms with van der Waals surface area (Å²) in [5.41, 5.74) is 0. The molecule has 0 aromatic rings. The van der Waals surface area contributed by atoms with Crippen molar-refractivity contribution in [3.05, 3.63) is 0 Å². The van der Waals surface area contributed by atoms with Crippen LogP contribution in [0.5, 0.6) is 0 Å². The summed E-state index contributed by atoms with van der Waals surface area (Å²) in [6.45, 7) is 6.38. The van der Waals surface area contributed by atoms with E-state index in [1.807, 2.05) is 13.8 Å². The molecule has 0 saturated carbocycles. The van der Waals surface area contributed by atoms with Crippen molar-refractivity contribution in [1.82, 2.24) is 10.6 Å². The molecule has 5 nitrogen and oxygen atoms in total. The van der Waals surface area contributed by atoms with Gasteiger partial charge >= 0.3 is 6.09 Å². The molecule has 0 aliphatic carbocycles. The minimum Gasteiger partial charge on any atom is -0.447 e. The van der Waals surface area contributed by atoms with Crippen LogP contribution in [0.25, 0.3) is 0 Å². The van der Waals surface area contributed by atoms with Gasteiger partial charge in [0.1, 0.15) is 0 Å². The lowest BCUT2D eigenvalue weighted by Gasteiger charge is -2.09. The molecule has 0 atom stereocenters. The van der Waals surface area contributed by atoms with Gasteiger partial charge in [-0.1, -0.05) is 0 Å². The average Bonchev–Trinajstić information content (AvgIpc) is 2.10. The Morgan fingerprint density at radius 1 is 1.29 bits per heavy atom. The Balaban J connectivity index is 3.15. The number of carbonyl (C=O) groups is 1. The van der Waals surface area contributed by atoms with Gasteiger partial charge in [0.15, 0.2) is 0 Å². The third-order valence-corrected chi connectivity index (χ3v) is 1.40. The molecule has 1 amide bonds. The van der Waals surface area contributed by atoms with Gasteiger partial charge in [0.2, 0.25) is 0 Å². The van der Waals surface area contributed by atoms with Crippen LogP contribution in [0.2, 0.25) is 0 Å². The van der Waals surface area contributed by atoms with E-state index in [1.165, 1.54) is 0 Å². The smallest absolute Gasteiger partial charge is 0.407 e. The number of ether oxygens (including phenoxy) is 2. The summed E-state index contributed by atoms with van der Waals surface area (Å²) >= 11 is 0. The second kappa shape index (κ2) is 8.77. The second-order valence-electron chi connectivity index (χ2n) is 3.12. The first-order valence-electron chi connectivity index (χ1n) is 4.81. The summed E-state index contributed by atoms with van der Waals surface area (Å²) < 4.78 is 9.72. The number of methoxy groups -OCH3 is 1. The van der Waals surface area contributed by atoms with Crippen LogP contribution in [-0.2, 0) is 9.47 Å². The van der Waals surface area contributed by atoms with Crippen molar-refractivity contribution in [2.75, 3.05) is 33.4 Å². The zero-order valence-corrected chi connectivity index (χ0v) is 9.13. The normalized spacial score (nSPS) is 10.3. The highest BCUT2D eigenvalue weighted by atomic mass is 16.6. The zero-order chi connectivity index (χ0) is 10.8. The van der Waals surface area contributed by atoms with E-state index in [1.54, 1.807) is 7.11 Å². The van der Waals surface area contributed by atoms with Crippen LogP contribution in [0.1, 0.15) is 13.8 Å². The quantitative estimate of drug-likeness (QED) is 0.588. The maximum absolute atomic E-state index is 11.0. The van der Waals surface area contributed by atoms with Crippen LogP contribution in [0.3, 0.4) is 0 Å². The van der Waals surface area contributed by atoms with Crippen LogP contribution >= 0.6 is 0 Å². The van der Waals surface area contributed by atoms with E-state index in [0.717, 1.165) is 13.1 Å². The Hall–Kier alpha value is -0.810. The number of nitrogens with one attached hydrogen (secondary N) is 2. The van der Waals surface area contributed by atoms with Crippen LogP contribution in [0.15, 0.2) is 0 Å². The number of hydrogen-bond donors (Lipinski definition) is 2. The molecular weight excluding hydrogens is 184 g/mol. The van der Waals surface area contributed by atoms with Crippen molar-refractivity contribution in [1.29, 1.82) is 0 Å². The molecule has 0 spiro atoms. The summed E-state index contributed by atoms with van der Waals surface area (Å²) in [6, 6.07) is 0. The molecule has 0 heterocycles. The standard InChI is InChI=1S/C9H20N2O3/c1-8(2)14-9(12)11-5-4-10-6-7-13-3/h8,10H,4-7H2,1-3H3,(H,11,12). The molecule has 0 saturated heterocycles. The molecule has 14 heavy (non-hydrogen) atoms. The summed E-state index contributed by atoms with van der Waals surface area (Å²) in [5, 5.41) is 5.73. The largest absolute Gasteiger partial charge is 0.447 e. The summed E-state index contributed by atoms with van der Waals surface area (Å²) in [5.74, 6) is 0. The summed E-state index contributed by atoms with van der Waals surface area (Å²) in [6.07, 6.45) is -0.440. The van der Waals surface area contributed by atoms with Gasteiger partial charge in [-0.15, -0.1) is 0 Å². The molecule has 0 aromatic carbocycles. The minimum absolute atomic E-state index is 0.0727. The first kappa shape index (κ1) is 13.2. The highest BCUT2D eigenvalue weighted by Gasteiger charge is 2.02. The third kappa shape index (κ3) is 9.28. The molecule has 0 unspecified atom stereocenters. The first-order valence-corrected chi connectivity index (χ1v) is 4.81. The number of hydrogen-bond acceptors (Lipinski definition) is 4. The van der Waals surface area contributed by atoms with Gasteiger partial charge in [-0.05, 0) is 13.8 Å². The topological polar surface area (TPSA) is 59.6 Å². The molecule has 2 N–H and O–H groups in total. The van der Waals surface area contributed by atoms with E-state index >= 15 is 0 Å². The first-order chi connectivity index (χ1) is 6.66. The summed E-state index contributed by atoms with van der Waals surface area (Å²) in [4.78, 5) is 11.0. The van der Waals surface area contributed by atoms with Gasteiger partial charge in [-0.25, -0.2) is 4.79 Å². The maximum atomic E-state index is 11.0. The predicted molar refractivity (Wildman–Crippen MR) is 54.4 cm³/mol. The number of alkyl carbamates (subject to hydrolysis) is 1. The molecule has 5 heteroatoms. The van der Waals surface area contributed by atoms with E-state index in [9.17, 15) is 4.79 Å². The number of rotatable bonds is 7. The molecule has 0 radical (unpaired) electrons. The van der Waals surface area contributed by atoms with Gasteiger partial charge in [0.25, 0.3) is 0 Å². The molecule has 0 fully saturated rings. The van der Waals surface area contributed by atoms with Gasteiger partial charge in [0.05, 0.1) is 12.7 Å². The van der Waals surface area contributed by atoms with Crippen LogP contribution in [0, 0.1) is 0 Å². The molecule has 0 aliphatic heterocycles. The van der Waals surface area contributed by atoms with Gasteiger partial charge in [-0.2, -0.15) is 0 Å². The fourth-order valence-electron chi connectivity index (χ4n) is 0.808. The number of carbonyl (C=O) groups excluding carboxylic acids is 1. The summed E-state index contributed by atoms with van der Waals surface area (Å²) in [7, 11) is 1.65. The Bertz CT molecular complexity index is 151. The van der Waals surface area contributed by atoms with E-state index in [0.29, 0.717) is 13.2 Å². The third-order valence-electron chi connectivity index (χ3n) is 1.40. The lowest BCUT2D eigenvalue weighted by molar-refractivity contribution is 0.115. The molecule has 0 aromatic heterocycles. The lowest BCUT2D eigenvalue weighted by Crippen LogP contribution is -2.34. The monoisotopic (exact) mass is 204 g/mol. The molecule has 0 rings (SSSR count). The van der Waals surface area contributed by atoms with Crippen molar-refractivity contribution < 1.29 is 14.3 Å². The van der Waals surface area contributed by atoms with Crippen molar-refractivity contribution >= 4 is 6.09 Å². The van der Waals surface area contributed by atoms with E-state index < -0.39 is 0 Å². The molecular formula is C9H20N2O3. The van der Waals surface area contributed by atoms with Gasteiger partial charge in [0, 0.05) is 26.7 Å². The Kier molecular flexibility index (Phi) is 8.27. The highest BCUT2D eigenvalue weighted by molar-refractivity contribution is 5.67. The Labute approximate surface area is 85.1 Å². The average molecular weight is 204 g/mol.